The Kier molecular flexibility index (Phi) is 8.11. The molecular formula is C13H27N3OS. The molecule has 0 bridgehead atoms. The Bertz CT molecular complexity index is 279. The Morgan fingerprint density at radius 1 is 1.28 bits per heavy atom. The smallest absolute Gasteiger partial charge is 0.236 e. The lowest BCUT2D eigenvalue weighted by atomic mass is 10.2. The normalized spacial score (nSPS) is 11.3. The van der Waals surface area contributed by atoms with Crippen molar-refractivity contribution in [3.63, 3.8) is 0 Å². The minimum absolute atomic E-state index is 0.126. The van der Waals surface area contributed by atoms with E-state index in [1.54, 1.807) is 11.9 Å². The van der Waals surface area contributed by atoms with Gasteiger partial charge < -0.3 is 10.6 Å². The average Bonchev–Trinajstić information content (AvgIpc) is 2.23. The van der Waals surface area contributed by atoms with Crippen LogP contribution in [-0.2, 0) is 4.79 Å². The Hall–Kier alpha value is -0.680. The van der Waals surface area contributed by atoms with E-state index in [0.29, 0.717) is 36.5 Å². The third-order valence-electron chi connectivity index (χ3n) is 2.79. The molecule has 5 heteroatoms. The van der Waals surface area contributed by atoms with Gasteiger partial charge in [-0.15, -0.1) is 0 Å². The number of carbonyl (C=O) groups is 1. The van der Waals surface area contributed by atoms with E-state index < -0.39 is 0 Å². The number of nitrogens with zero attached hydrogens (tertiary/aromatic N) is 2. The summed E-state index contributed by atoms with van der Waals surface area (Å²) in [7, 11) is 1.80. The van der Waals surface area contributed by atoms with Crippen LogP contribution >= 0.6 is 12.2 Å². The molecule has 0 heterocycles. The predicted molar refractivity (Wildman–Crippen MR) is 80.6 cm³/mol. The molecule has 0 saturated carbocycles. The van der Waals surface area contributed by atoms with Gasteiger partial charge >= 0.3 is 0 Å². The number of carbonyl (C=O) groups excluding carboxylic acids is 1. The Morgan fingerprint density at radius 2 is 1.83 bits per heavy atom. The van der Waals surface area contributed by atoms with Crippen molar-refractivity contribution in [3.8, 4) is 0 Å². The van der Waals surface area contributed by atoms with Crippen LogP contribution in [0.25, 0.3) is 0 Å². The highest BCUT2D eigenvalue weighted by Crippen LogP contribution is 2.05. The molecule has 0 aliphatic heterocycles. The minimum Gasteiger partial charge on any atom is -0.393 e. The van der Waals surface area contributed by atoms with Crippen molar-refractivity contribution in [1.29, 1.82) is 0 Å². The lowest BCUT2D eigenvalue weighted by Crippen LogP contribution is -2.43. The number of rotatable bonds is 8. The molecule has 0 atom stereocenters. The highest BCUT2D eigenvalue weighted by molar-refractivity contribution is 7.80. The highest BCUT2D eigenvalue weighted by Gasteiger charge is 2.17. The van der Waals surface area contributed by atoms with Crippen LogP contribution in [0.1, 0.15) is 34.1 Å². The Labute approximate surface area is 116 Å². The molecule has 0 fully saturated rings. The molecule has 1 amide bonds. The molecule has 0 aliphatic carbocycles. The monoisotopic (exact) mass is 273 g/mol. The van der Waals surface area contributed by atoms with E-state index in [1.807, 2.05) is 0 Å². The summed E-state index contributed by atoms with van der Waals surface area (Å²) in [6.45, 7) is 10.6. The van der Waals surface area contributed by atoms with E-state index in [4.69, 9.17) is 18.0 Å². The van der Waals surface area contributed by atoms with Gasteiger partial charge in [-0.3, -0.25) is 9.69 Å². The Balaban J connectivity index is 4.27. The van der Waals surface area contributed by atoms with Crippen molar-refractivity contribution in [2.45, 2.75) is 40.2 Å². The zero-order valence-corrected chi connectivity index (χ0v) is 13.1. The third-order valence-corrected chi connectivity index (χ3v) is 2.99. The van der Waals surface area contributed by atoms with Gasteiger partial charge in [0, 0.05) is 32.6 Å². The van der Waals surface area contributed by atoms with Crippen LogP contribution in [0.4, 0.5) is 0 Å². The lowest BCUT2D eigenvalue weighted by molar-refractivity contribution is -0.131. The molecule has 0 aliphatic rings. The van der Waals surface area contributed by atoms with Gasteiger partial charge in [0.05, 0.1) is 11.5 Å². The fourth-order valence-electron chi connectivity index (χ4n) is 1.62. The van der Waals surface area contributed by atoms with Crippen LogP contribution < -0.4 is 5.73 Å². The maximum absolute atomic E-state index is 12.1. The van der Waals surface area contributed by atoms with E-state index in [1.165, 1.54) is 0 Å². The summed E-state index contributed by atoms with van der Waals surface area (Å²) in [5.41, 5.74) is 5.44. The summed E-state index contributed by atoms with van der Waals surface area (Å²) >= 11 is 4.82. The van der Waals surface area contributed by atoms with Crippen LogP contribution in [0.3, 0.4) is 0 Å². The SMILES string of the molecule is CC(C)CN(CC(=O)N(C)CCC(N)=S)C(C)C. The number of amides is 1. The van der Waals surface area contributed by atoms with Gasteiger partial charge in [0.25, 0.3) is 0 Å². The first-order valence-corrected chi connectivity index (χ1v) is 6.91. The molecule has 0 rings (SSSR count). The van der Waals surface area contributed by atoms with Crippen LogP contribution in [0, 0.1) is 5.92 Å². The number of hydrogen-bond acceptors (Lipinski definition) is 3. The first-order valence-electron chi connectivity index (χ1n) is 6.50. The van der Waals surface area contributed by atoms with E-state index >= 15 is 0 Å². The van der Waals surface area contributed by atoms with Crippen LogP contribution in [0.15, 0.2) is 0 Å². The quantitative estimate of drug-likeness (QED) is 0.681. The second-order valence-electron chi connectivity index (χ2n) is 5.45. The maximum Gasteiger partial charge on any atom is 0.236 e. The fraction of sp³-hybridized carbons (Fsp3) is 0.846. The first-order chi connectivity index (χ1) is 8.23. The van der Waals surface area contributed by atoms with Gasteiger partial charge in [-0.05, 0) is 19.8 Å². The lowest BCUT2D eigenvalue weighted by Gasteiger charge is -2.29. The summed E-state index contributed by atoms with van der Waals surface area (Å²) < 4.78 is 0. The summed E-state index contributed by atoms with van der Waals surface area (Å²) in [5, 5.41) is 0. The van der Waals surface area contributed by atoms with Crippen molar-refractivity contribution in [2.24, 2.45) is 11.7 Å². The summed E-state index contributed by atoms with van der Waals surface area (Å²) in [5.74, 6) is 0.683. The molecular weight excluding hydrogens is 246 g/mol. The second-order valence-corrected chi connectivity index (χ2v) is 5.97. The molecule has 0 aromatic carbocycles. The van der Waals surface area contributed by atoms with Gasteiger partial charge in [-0.25, -0.2) is 0 Å². The predicted octanol–water partition coefficient (Wildman–Crippen LogP) is 1.49. The fourth-order valence-corrected chi connectivity index (χ4v) is 1.72. The molecule has 0 saturated heterocycles. The van der Waals surface area contributed by atoms with Gasteiger partial charge in [-0.2, -0.15) is 0 Å². The van der Waals surface area contributed by atoms with Gasteiger partial charge in [0.15, 0.2) is 0 Å². The van der Waals surface area contributed by atoms with Gasteiger partial charge in [0.1, 0.15) is 0 Å². The summed E-state index contributed by atoms with van der Waals surface area (Å²) in [4.78, 5) is 16.4. The third kappa shape index (κ3) is 7.61. The first kappa shape index (κ1) is 17.3. The van der Waals surface area contributed by atoms with Gasteiger partial charge in [0.2, 0.25) is 5.91 Å². The number of hydrogen-bond donors (Lipinski definition) is 1. The molecule has 0 aromatic heterocycles. The summed E-state index contributed by atoms with van der Waals surface area (Å²) in [6.07, 6.45) is 0.587. The molecule has 0 spiro atoms. The second kappa shape index (κ2) is 8.43. The Morgan fingerprint density at radius 3 is 2.22 bits per heavy atom. The largest absolute Gasteiger partial charge is 0.393 e. The van der Waals surface area contributed by atoms with Crippen LogP contribution in [0.2, 0.25) is 0 Å². The molecule has 0 aromatic rings. The van der Waals surface area contributed by atoms with Crippen molar-refractivity contribution in [2.75, 3.05) is 26.7 Å². The average molecular weight is 273 g/mol. The van der Waals surface area contributed by atoms with E-state index in [0.717, 1.165) is 6.54 Å². The molecule has 2 N–H and O–H groups in total. The zero-order chi connectivity index (χ0) is 14.3. The minimum atomic E-state index is 0.126. The topological polar surface area (TPSA) is 49.6 Å². The standard InChI is InChI=1S/C13H27N3OS/c1-10(2)8-16(11(3)4)9-13(17)15(5)7-6-12(14)18/h10-11H,6-9H2,1-5H3,(H2,14,18). The van der Waals surface area contributed by atoms with Gasteiger partial charge in [-0.1, -0.05) is 26.1 Å². The van der Waals surface area contributed by atoms with Crippen molar-refractivity contribution >= 4 is 23.1 Å². The zero-order valence-electron chi connectivity index (χ0n) is 12.3. The van der Waals surface area contributed by atoms with Crippen molar-refractivity contribution in [1.82, 2.24) is 9.80 Å². The molecule has 4 nitrogen and oxygen atoms in total. The van der Waals surface area contributed by atoms with Crippen molar-refractivity contribution < 1.29 is 4.79 Å². The maximum atomic E-state index is 12.1. The number of nitrogens with two attached hydrogens (primary N) is 1. The molecule has 106 valence electrons. The van der Waals surface area contributed by atoms with Crippen LogP contribution in [-0.4, -0.2) is 53.4 Å². The van der Waals surface area contributed by atoms with E-state index in [9.17, 15) is 4.79 Å². The van der Waals surface area contributed by atoms with E-state index in [-0.39, 0.29) is 5.91 Å². The van der Waals surface area contributed by atoms with Crippen LogP contribution in [0.5, 0.6) is 0 Å². The van der Waals surface area contributed by atoms with E-state index in [2.05, 4.69) is 32.6 Å². The molecule has 18 heavy (non-hydrogen) atoms. The summed E-state index contributed by atoms with van der Waals surface area (Å²) in [6, 6.07) is 0.375. The highest BCUT2D eigenvalue weighted by atomic mass is 32.1. The number of thiocarbonyl (C=S) groups is 1. The van der Waals surface area contributed by atoms with Crippen molar-refractivity contribution in [3.05, 3.63) is 0 Å². The number of likely N-dealkylation sites (N-methyl/N-ethyl adjacent to an activating group) is 1. The molecule has 0 radical (unpaired) electrons. The molecule has 0 unspecified atom stereocenters.